The lowest BCUT2D eigenvalue weighted by Gasteiger charge is -2.32. The predicted octanol–water partition coefficient (Wildman–Crippen LogP) is 8.80. The van der Waals surface area contributed by atoms with Crippen molar-refractivity contribution < 1.29 is 0 Å². The third kappa shape index (κ3) is 3.84. The molecule has 0 aliphatic carbocycles. The molecule has 0 fully saturated rings. The number of aromatic nitrogens is 4. The fourth-order valence-electron chi connectivity index (χ4n) is 5.19. The molecule has 0 saturated carbocycles. The van der Waals surface area contributed by atoms with Gasteiger partial charge < -0.3 is 9.80 Å². The molecule has 0 N–H and O–H groups in total. The van der Waals surface area contributed by atoms with Crippen molar-refractivity contribution in [3.63, 3.8) is 0 Å². The van der Waals surface area contributed by atoms with Crippen LogP contribution in [0, 0.1) is 0 Å². The van der Waals surface area contributed by atoms with Gasteiger partial charge in [0.15, 0.2) is 0 Å². The molecular formula is C32H20N6S2. The zero-order chi connectivity index (χ0) is 26.5. The lowest BCUT2D eigenvalue weighted by molar-refractivity contribution is 1.10. The molecule has 2 aliphatic heterocycles. The van der Waals surface area contributed by atoms with Crippen molar-refractivity contribution >= 4 is 57.6 Å². The SMILES string of the molecule is c1cc2c(cn1)Sc1cnccc1N2c1ccc(-c2ccc(N3c4ccncc4Sc4ccncc43)cc2)cc1. The van der Waals surface area contributed by atoms with Crippen molar-refractivity contribution in [1.29, 1.82) is 0 Å². The molecule has 0 unspecified atom stereocenters. The summed E-state index contributed by atoms with van der Waals surface area (Å²) in [5.74, 6) is 0. The molecule has 0 spiro atoms. The molecule has 2 aromatic carbocycles. The molecule has 40 heavy (non-hydrogen) atoms. The molecule has 190 valence electrons. The molecular weight excluding hydrogens is 533 g/mol. The van der Waals surface area contributed by atoms with E-state index in [1.54, 1.807) is 23.5 Å². The van der Waals surface area contributed by atoms with E-state index in [-0.39, 0.29) is 0 Å². The monoisotopic (exact) mass is 552 g/mol. The number of fused-ring (bicyclic) bond motifs is 4. The van der Waals surface area contributed by atoms with E-state index in [2.05, 4.69) is 103 Å². The number of anilines is 6. The van der Waals surface area contributed by atoms with E-state index in [9.17, 15) is 0 Å². The Hall–Kier alpha value is -4.66. The minimum absolute atomic E-state index is 1.08. The normalized spacial score (nSPS) is 13.2. The van der Waals surface area contributed by atoms with Gasteiger partial charge in [0.05, 0.1) is 43.6 Å². The summed E-state index contributed by atoms with van der Waals surface area (Å²) in [7, 11) is 0. The molecule has 0 bridgehead atoms. The van der Waals surface area contributed by atoms with Crippen LogP contribution in [0.25, 0.3) is 11.1 Å². The van der Waals surface area contributed by atoms with E-state index in [1.807, 2.05) is 49.6 Å². The molecule has 6 heterocycles. The maximum Gasteiger partial charge on any atom is 0.0785 e. The van der Waals surface area contributed by atoms with Gasteiger partial charge in [-0.3, -0.25) is 19.9 Å². The lowest BCUT2D eigenvalue weighted by atomic mass is 10.0. The summed E-state index contributed by atoms with van der Waals surface area (Å²) in [5.41, 5.74) is 8.95. The smallest absolute Gasteiger partial charge is 0.0785 e. The molecule has 4 aromatic heterocycles. The summed E-state index contributed by atoms with van der Waals surface area (Å²) in [6.07, 6.45) is 15.1. The van der Waals surface area contributed by atoms with Crippen molar-refractivity contribution in [2.75, 3.05) is 9.80 Å². The Morgan fingerprint density at radius 1 is 0.375 bits per heavy atom. The molecule has 0 saturated heterocycles. The summed E-state index contributed by atoms with van der Waals surface area (Å²) < 4.78 is 0. The highest BCUT2D eigenvalue weighted by Crippen LogP contribution is 2.52. The Balaban J connectivity index is 1.13. The number of nitrogens with zero attached hydrogens (tertiary/aromatic N) is 6. The van der Waals surface area contributed by atoms with Crippen LogP contribution in [-0.4, -0.2) is 19.9 Å². The van der Waals surface area contributed by atoms with Gasteiger partial charge in [0.2, 0.25) is 0 Å². The summed E-state index contributed by atoms with van der Waals surface area (Å²) in [5, 5.41) is 0. The standard InChI is InChI=1S/C32H20N6S2/c1-5-23(37-25-9-13-35-19-31(25)40-32-20-36-14-10-26(32)37)6-2-21(1)22-3-7-24(8-4-22)38-27-11-15-34-18-30(27)39-29-12-16-33-17-28(29)38/h1-20H. The Kier molecular flexibility index (Phi) is 5.53. The largest absolute Gasteiger partial charge is 0.308 e. The van der Waals surface area contributed by atoms with E-state index in [0.717, 1.165) is 59.9 Å². The van der Waals surface area contributed by atoms with Gasteiger partial charge in [-0.25, -0.2) is 0 Å². The van der Waals surface area contributed by atoms with E-state index < -0.39 is 0 Å². The van der Waals surface area contributed by atoms with Gasteiger partial charge in [-0.1, -0.05) is 47.8 Å². The number of pyridine rings is 4. The van der Waals surface area contributed by atoms with Crippen molar-refractivity contribution in [3.8, 4) is 11.1 Å². The highest BCUT2D eigenvalue weighted by atomic mass is 32.2. The summed E-state index contributed by atoms with van der Waals surface area (Å²) in [6.45, 7) is 0. The van der Waals surface area contributed by atoms with E-state index in [1.165, 1.54) is 4.90 Å². The van der Waals surface area contributed by atoms with Gasteiger partial charge in [-0.15, -0.1) is 0 Å². The van der Waals surface area contributed by atoms with Gasteiger partial charge in [0.1, 0.15) is 0 Å². The van der Waals surface area contributed by atoms with E-state index in [0.29, 0.717) is 0 Å². The lowest BCUT2D eigenvalue weighted by Crippen LogP contribution is -2.15. The Labute approximate surface area is 239 Å². The van der Waals surface area contributed by atoms with Crippen LogP contribution >= 0.6 is 23.5 Å². The molecule has 0 radical (unpaired) electrons. The third-order valence-electron chi connectivity index (χ3n) is 7.04. The van der Waals surface area contributed by atoms with E-state index in [4.69, 9.17) is 0 Å². The Bertz CT molecular complexity index is 1650. The summed E-state index contributed by atoms with van der Waals surface area (Å²) in [4.78, 5) is 26.5. The maximum absolute atomic E-state index is 4.40. The second-order valence-corrected chi connectivity index (χ2v) is 11.5. The van der Waals surface area contributed by atoms with Gasteiger partial charge >= 0.3 is 0 Å². The minimum Gasteiger partial charge on any atom is -0.308 e. The first-order valence-electron chi connectivity index (χ1n) is 12.8. The van der Waals surface area contributed by atoms with Gasteiger partial charge in [0.25, 0.3) is 0 Å². The molecule has 8 rings (SSSR count). The molecule has 8 heteroatoms. The first kappa shape index (κ1) is 23.2. The summed E-state index contributed by atoms with van der Waals surface area (Å²) in [6, 6.07) is 25.7. The quantitative estimate of drug-likeness (QED) is 0.215. The van der Waals surface area contributed by atoms with Crippen LogP contribution in [0.2, 0.25) is 0 Å². The van der Waals surface area contributed by atoms with Crippen LogP contribution in [0.15, 0.2) is 142 Å². The highest BCUT2D eigenvalue weighted by molar-refractivity contribution is 8.00. The first-order chi connectivity index (χ1) is 19.8. The van der Waals surface area contributed by atoms with Crippen LogP contribution in [-0.2, 0) is 0 Å². The van der Waals surface area contributed by atoms with Crippen molar-refractivity contribution in [2.24, 2.45) is 0 Å². The van der Waals surface area contributed by atoms with Crippen LogP contribution in [0.4, 0.5) is 34.1 Å². The second kappa shape index (κ2) is 9.51. The second-order valence-electron chi connectivity index (χ2n) is 9.34. The van der Waals surface area contributed by atoms with Crippen LogP contribution in [0.5, 0.6) is 0 Å². The molecule has 6 nitrogen and oxygen atoms in total. The number of hydrogen-bond donors (Lipinski definition) is 0. The minimum atomic E-state index is 1.08. The Morgan fingerprint density at radius 3 is 1.27 bits per heavy atom. The zero-order valence-corrected chi connectivity index (χ0v) is 22.7. The van der Waals surface area contributed by atoms with Gasteiger partial charge in [-0.2, -0.15) is 0 Å². The van der Waals surface area contributed by atoms with Crippen LogP contribution in [0.1, 0.15) is 0 Å². The average Bonchev–Trinajstić information content (AvgIpc) is 3.03. The van der Waals surface area contributed by atoms with E-state index >= 15 is 0 Å². The number of benzene rings is 2. The van der Waals surface area contributed by atoms with Gasteiger partial charge in [-0.05, 0) is 59.7 Å². The summed E-state index contributed by atoms with van der Waals surface area (Å²) >= 11 is 3.44. The fraction of sp³-hybridized carbons (Fsp3) is 0. The van der Waals surface area contributed by atoms with Crippen LogP contribution in [0.3, 0.4) is 0 Å². The fourth-order valence-corrected chi connectivity index (χ4v) is 7.18. The first-order valence-corrected chi connectivity index (χ1v) is 14.4. The molecule has 0 atom stereocenters. The maximum atomic E-state index is 4.40. The van der Waals surface area contributed by atoms with Gasteiger partial charge in [0, 0.05) is 59.6 Å². The molecule has 2 aliphatic rings. The third-order valence-corrected chi connectivity index (χ3v) is 9.21. The number of hydrogen-bond acceptors (Lipinski definition) is 8. The topological polar surface area (TPSA) is 58.0 Å². The Morgan fingerprint density at radius 2 is 0.775 bits per heavy atom. The van der Waals surface area contributed by atoms with Crippen molar-refractivity contribution in [2.45, 2.75) is 19.6 Å². The molecule has 0 amide bonds. The van der Waals surface area contributed by atoms with Crippen molar-refractivity contribution in [1.82, 2.24) is 19.9 Å². The molecule has 6 aromatic rings. The number of rotatable bonds is 3. The predicted molar refractivity (Wildman–Crippen MR) is 161 cm³/mol. The average molecular weight is 553 g/mol. The van der Waals surface area contributed by atoms with Crippen LogP contribution < -0.4 is 9.80 Å². The zero-order valence-electron chi connectivity index (χ0n) is 21.0. The highest BCUT2D eigenvalue weighted by Gasteiger charge is 2.26. The van der Waals surface area contributed by atoms with Crippen molar-refractivity contribution in [3.05, 3.63) is 122 Å².